The molecule has 1 N–H and O–H groups in total. The van der Waals surface area contributed by atoms with Gasteiger partial charge in [0.05, 0.1) is 12.5 Å². The summed E-state index contributed by atoms with van der Waals surface area (Å²) in [6.07, 6.45) is 4.25. The Kier molecular flexibility index (Phi) is 4.13. The molecular weight excluding hydrogens is 240 g/mol. The lowest BCUT2D eigenvalue weighted by atomic mass is 9.80. The third kappa shape index (κ3) is 2.75. The molecule has 0 amide bonds. The second-order valence-corrected chi connectivity index (χ2v) is 5.55. The maximum absolute atomic E-state index is 11.6. The molecule has 104 valence electrons. The summed E-state index contributed by atoms with van der Waals surface area (Å²) in [6.45, 7) is 2.06. The smallest absolute Gasteiger partial charge is 0.309 e. The van der Waals surface area contributed by atoms with Gasteiger partial charge in [-0.3, -0.25) is 4.79 Å². The number of carboxylic acid groups (broad SMARTS) is 1. The first kappa shape index (κ1) is 13.9. The summed E-state index contributed by atoms with van der Waals surface area (Å²) in [5, 5.41) is 9.52. The molecule has 0 saturated heterocycles. The Morgan fingerprint density at radius 1 is 1.42 bits per heavy atom. The van der Waals surface area contributed by atoms with E-state index < -0.39 is 11.4 Å². The molecule has 3 nitrogen and oxygen atoms in total. The van der Waals surface area contributed by atoms with E-state index in [0.29, 0.717) is 5.92 Å². The summed E-state index contributed by atoms with van der Waals surface area (Å²) in [7, 11) is 1.65. The second-order valence-electron chi connectivity index (χ2n) is 5.55. The summed E-state index contributed by atoms with van der Waals surface area (Å²) >= 11 is 0. The summed E-state index contributed by atoms with van der Waals surface area (Å²) in [6, 6.07) is 8.03. The van der Waals surface area contributed by atoms with Crippen LogP contribution in [0.5, 0.6) is 5.75 Å². The average molecular weight is 262 g/mol. The van der Waals surface area contributed by atoms with Crippen molar-refractivity contribution in [2.75, 3.05) is 7.11 Å². The second kappa shape index (κ2) is 5.64. The van der Waals surface area contributed by atoms with Crippen molar-refractivity contribution in [3.05, 3.63) is 29.8 Å². The zero-order chi connectivity index (χ0) is 13.9. The molecule has 1 saturated carbocycles. The van der Waals surface area contributed by atoms with Crippen LogP contribution in [0.1, 0.15) is 50.5 Å². The van der Waals surface area contributed by atoms with Crippen molar-refractivity contribution in [2.45, 2.75) is 44.9 Å². The number of hydrogen-bond acceptors (Lipinski definition) is 2. The third-order valence-corrected chi connectivity index (χ3v) is 4.38. The first-order chi connectivity index (χ1) is 9.11. The lowest BCUT2D eigenvalue weighted by molar-refractivity contribution is -0.149. The molecule has 2 unspecified atom stereocenters. The highest BCUT2D eigenvalue weighted by molar-refractivity contribution is 5.75. The first-order valence-electron chi connectivity index (χ1n) is 6.98. The van der Waals surface area contributed by atoms with Crippen LogP contribution in [0.4, 0.5) is 0 Å². The highest BCUT2D eigenvalue weighted by Gasteiger charge is 2.44. The molecule has 0 aromatic heterocycles. The van der Waals surface area contributed by atoms with Gasteiger partial charge in [-0.05, 0) is 49.3 Å². The van der Waals surface area contributed by atoms with Crippen LogP contribution in [0.2, 0.25) is 0 Å². The SMILES string of the molecule is CCCC1(C(=O)O)CCC(c2ccc(OC)cc2)C1. The molecule has 0 heterocycles. The van der Waals surface area contributed by atoms with Crippen molar-refractivity contribution >= 4 is 5.97 Å². The minimum Gasteiger partial charge on any atom is -0.497 e. The number of hydrogen-bond donors (Lipinski definition) is 1. The minimum absolute atomic E-state index is 0.369. The predicted molar refractivity (Wildman–Crippen MR) is 74.6 cm³/mol. The Morgan fingerprint density at radius 2 is 2.11 bits per heavy atom. The summed E-state index contributed by atoms with van der Waals surface area (Å²) in [4.78, 5) is 11.6. The number of ether oxygens (including phenoxy) is 1. The maximum atomic E-state index is 11.6. The quantitative estimate of drug-likeness (QED) is 0.877. The standard InChI is InChI=1S/C16H22O3/c1-3-9-16(15(17)18)10-8-13(11-16)12-4-6-14(19-2)7-5-12/h4-7,13H,3,8-11H2,1-2H3,(H,17,18). The number of rotatable bonds is 5. The summed E-state index contributed by atoms with van der Waals surface area (Å²) < 4.78 is 5.16. The van der Waals surface area contributed by atoms with Gasteiger partial charge in [0, 0.05) is 0 Å². The van der Waals surface area contributed by atoms with E-state index in [9.17, 15) is 9.90 Å². The number of carboxylic acids is 1. The molecule has 1 aliphatic rings. The molecule has 0 aliphatic heterocycles. The van der Waals surface area contributed by atoms with Crippen molar-refractivity contribution in [1.29, 1.82) is 0 Å². The van der Waals surface area contributed by atoms with E-state index in [0.717, 1.165) is 37.9 Å². The molecule has 1 aromatic carbocycles. The van der Waals surface area contributed by atoms with Crippen molar-refractivity contribution in [3.63, 3.8) is 0 Å². The van der Waals surface area contributed by atoms with Gasteiger partial charge >= 0.3 is 5.97 Å². The van der Waals surface area contributed by atoms with Gasteiger partial charge in [0.25, 0.3) is 0 Å². The van der Waals surface area contributed by atoms with Crippen LogP contribution in [-0.2, 0) is 4.79 Å². The van der Waals surface area contributed by atoms with Gasteiger partial charge in [0.2, 0.25) is 0 Å². The maximum Gasteiger partial charge on any atom is 0.309 e. The van der Waals surface area contributed by atoms with Crippen LogP contribution < -0.4 is 4.74 Å². The van der Waals surface area contributed by atoms with Gasteiger partial charge in [-0.25, -0.2) is 0 Å². The van der Waals surface area contributed by atoms with Crippen molar-refractivity contribution in [2.24, 2.45) is 5.41 Å². The molecule has 1 aromatic rings. The van der Waals surface area contributed by atoms with E-state index >= 15 is 0 Å². The molecule has 0 radical (unpaired) electrons. The zero-order valence-corrected chi connectivity index (χ0v) is 11.7. The van der Waals surface area contributed by atoms with Gasteiger partial charge in [-0.2, -0.15) is 0 Å². The van der Waals surface area contributed by atoms with E-state index in [1.165, 1.54) is 5.56 Å². The molecule has 3 heteroatoms. The van der Waals surface area contributed by atoms with E-state index in [2.05, 4.69) is 19.1 Å². The van der Waals surface area contributed by atoms with Crippen molar-refractivity contribution in [1.82, 2.24) is 0 Å². The van der Waals surface area contributed by atoms with Gasteiger partial charge in [0.1, 0.15) is 5.75 Å². The Bertz CT molecular complexity index is 438. The highest BCUT2D eigenvalue weighted by atomic mass is 16.5. The van der Waals surface area contributed by atoms with Gasteiger partial charge < -0.3 is 9.84 Å². The minimum atomic E-state index is -0.620. The predicted octanol–water partition coefficient (Wildman–Crippen LogP) is 3.83. The van der Waals surface area contributed by atoms with E-state index in [1.807, 2.05) is 12.1 Å². The number of carbonyl (C=O) groups is 1. The first-order valence-corrected chi connectivity index (χ1v) is 6.98. The summed E-state index contributed by atoms with van der Waals surface area (Å²) in [5.41, 5.74) is 0.735. The van der Waals surface area contributed by atoms with Crippen LogP contribution in [-0.4, -0.2) is 18.2 Å². The van der Waals surface area contributed by atoms with Gasteiger partial charge in [0.15, 0.2) is 0 Å². The lowest BCUT2D eigenvalue weighted by Gasteiger charge is -2.23. The van der Waals surface area contributed by atoms with Crippen LogP contribution in [0, 0.1) is 5.41 Å². The van der Waals surface area contributed by atoms with Crippen LogP contribution >= 0.6 is 0 Å². The van der Waals surface area contributed by atoms with Crippen LogP contribution in [0.15, 0.2) is 24.3 Å². The molecule has 0 bridgehead atoms. The normalized spacial score (nSPS) is 26.3. The fourth-order valence-electron chi connectivity index (χ4n) is 3.29. The Hall–Kier alpha value is -1.51. The fraction of sp³-hybridized carbons (Fsp3) is 0.562. The summed E-state index contributed by atoms with van der Waals surface area (Å²) in [5.74, 6) is 0.596. The Morgan fingerprint density at radius 3 is 2.63 bits per heavy atom. The lowest BCUT2D eigenvalue weighted by Crippen LogP contribution is -2.27. The van der Waals surface area contributed by atoms with Crippen LogP contribution in [0.3, 0.4) is 0 Å². The largest absolute Gasteiger partial charge is 0.497 e. The third-order valence-electron chi connectivity index (χ3n) is 4.38. The Labute approximate surface area is 114 Å². The molecule has 2 rings (SSSR count). The highest BCUT2D eigenvalue weighted by Crippen LogP contribution is 2.49. The number of methoxy groups -OCH3 is 1. The van der Waals surface area contributed by atoms with Crippen molar-refractivity contribution in [3.8, 4) is 5.75 Å². The molecule has 2 atom stereocenters. The van der Waals surface area contributed by atoms with Crippen LogP contribution in [0.25, 0.3) is 0 Å². The van der Waals surface area contributed by atoms with E-state index in [-0.39, 0.29) is 0 Å². The molecule has 19 heavy (non-hydrogen) atoms. The average Bonchev–Trinajstić information content (AvgIpc) is 2.85. The van der Waals surface area contributed by atoms with Crippen molar-refractivity contribution < 1.29 is 14.6 Å². The number of aliphatic carboxylic acids is 1. The Balaban J connectivity index is 2.13. The molecule has 1 aliphatic carbocycles. The van der Waals surface area contributed by atoms with Gasteiger partial charge in [-0.15, -0.1) is 0 Å². The van der Waals surface area contributed by atoms with E-state index in [1.54, 1.807) is 7.11 Å². The number of benzene rings is 1. The molecular formula is C16H22O3. The monoisotopic (exact) mass is 262 g/mol. The fourth-order valence-corrected chi connectivity index (χ4v) is 3.29. The van der Waals surface area contributed by atoms with E-state index in [4.69, 9.17) is 4.74 Å². The topological polar surface area (TPSA) is 46.5 Å². The zero-order valence-electron chi connectivity index (χ0n) is 11.7. The van der Waals surface area contributed by atoms with Gasteiger partial charge in [-0.1, -0.05) is 25.5 Å². The molecule has 1 fully saturated rings. The molecule has 0 spiro atoms.